The lowest BCUT2D eigenvalue weighted by Crippen LogP contribution is -2.28. The lowest BCUT2D eigenvalue weighted by atomic mass is 10.4. The molecule has 0 saturated heterocycles. The number of amides is 1. The molecule has 0 atom stereocenters. The van der Waals surface area contributed by atoms with E-state index in [2.05, 4.69) is 10.2 Å². The van der Waals surface area contributed by atoms with Gasteiger partial charge in [-0.25, -0.2) is 5.90 Å². The fourth-order valence-corrected chi connectivity index (χ4v) is 0.726. The fraction of sp³-hybridized carbons (Fsp3) is 0.286. The predicted octanol–water partition coefficient (Wildman–Crippen LogP) is -0.214. The van der Waals surface area contributed by atoms with Gasteiger partial charge in [-0.15, -0.1) is 0 Å². The second-order valence-electron chi connectivity index (χ2n) is 2.17. The molecule has 1 heterocycles. The van der Waals surface area contributed by atoms with E-state index in [0.29, 0.717) is 12.3 Å². The van der Waals surface area contributed by atoms with Crippen molar-refractivity contribution in [3.8, 4) is 0 Å². The van der Waals surface area contributed by atoms with Crippen LogP contribution in [-0.2, 0) is 16.2 Å². The van der Waals surface area contributed by atoms with Crippen LogP contribution in [0.1, 0.15) is 5.76 Å². The van der Waals surface area contributed by atoms with E-state index in [0.717, 1.165) is 0 Å². The Kier molecular flexibility index (Phi) is 3.31. The van der Waals surface area contributed by atoms with Crippen LogP contribution in [0.5, 0.6) is 0 Å². The van der Waals surface area contributed by atoms with E-state index in [1.54, 1.807) is 18.4 Å². The van der Waals surface area contributed by atoms with Crippen LogP contribution in [0, 0.1) is 0 Å². The first-order valence-electron chi connectivity index (χ1n) is 3.43. The van der Waals surface area contributed by atoms with Crippen molar-refractivity contribution >= 4 is 5.91 Å². The Morgan fingerprint density at radius 1 is 1.75 bits per heavy atom. The Bertz CT molecular complexity index is 233. The first-order valence-corrected chi connectivity index (χ1v) is 3.43. The number of nitrogens with one attached hydrogen (secondary N) is 1. The zero-order chi connectivity index (χ0) is 8.81. The third-order valence-corrected chi connectivity index (χ3v) is 1.25. The molecule has 0 radical (unpaired) electrons. The van der Waals surface area contributed by atoms with Gasteiger partial charge in [0.05, 0.1) is 12.8 Å². The summed E-state index contributed by atoms with van der Waals surface area (Å²) in [5.41, 5.74) is 0. The Morgan fingerprint density at radius 3 is 3.17 bits per heavy atom. The molecular formula is C7H10N2O3. The third kappa shape index (κ3) is 2.73. The minimum absolute atomic E-state index is 0.138. The highest BCUT2D eigenvalue weighted by molar-refractivity contribution is 5.76. The first-order chi connectivity index (χ1) is 5.83. The van der Waals surface area contributed by atoms with Crippen LogP contribution in [0.25, 0.3) is 0 Å². The van der Waals surface area contributed by atoms with Crippen molar-refractivity contribution in [2.75, 3.05) is 6.61 Å². The van der Waals surface area contributed by atoms with Gasteiger partial charge in [0.25, 0.3) is 0 Å². The van der Waals surface area contributed by atoms with Gasteiger partial charge in [0.1, 0.15) is 12.4 Å². The van der Waals surface area contributed by atoms with Crippen LogP contribution < -0.4 is 11.2 Å². The average molecular weight is 170 g/mol. The molecule has 0 fully saturated rings. The minimum Gasteiger partial charge on any atom is -0.467 e. The Balaban J connectivity index is 2.22. The van der Waals surface area contributed by atoms with E-state index in [1.165, 1.54) is 0 Å². The van der Waals surface area contributed by atoms with Crippen LogP contribution in [0.2, 0.25) is 0 Å². The molecule has 1 amide bonds. The van der Waals surface area contributed by atoms with E-state index in [9.17, 15) is 4.79 Å². The molecule has 1 rings (SSSR count). The lowest BCUT2D eigenvalue weighted by Gasteiger charge is -2.00. The van der Waals surface area contributed by atoms with Gasteiger partial charge in [-0.3, -0.25) is 9.63 Å². The van der Waals surface area contributed by atoms with Crippen molar-refractivity contribution in [2.24, 2.45) is 5.90 Å². The van der Waals surface area contributed by atoms with Crippen LogP contribution in [0.3, 0.4) is 0 Å². The molecule has 0 spiro atoms. The Hall–Kier alpha value is -1.33. The maximum absolute atomic E-state index is 10.8. The minimum atomic E-state index is -0.270. The van der Waals surface area contributed by atoms with Gasteiger partial charge in [0, 0.05) is 0 Å². The maximum Gasteiger partial charge on any atom is 0.248 e. The average Bonchev–Trinajstić information content (AvgIpc) is 2.53. The molecule has 1 aromatic heterocycles. The summed E-state index contributed by atoms with van der Waals surface area (Å²) < 4.78 is 4.98. The van der Waals surface area contributed by atoms with Crippen LogP contribution in [-0.4, -0.2) is 12.5 Å². The Morgan fingerprint density at radius 2 is 2.58 bits per heavy atom. The molecule has 0 aliphatic carbocycles. The van der Waals surface area contributed by atoms with Gasteiger partial charge in [-0.1, -0.05) is 0 Å². The number of hydrogen-bond acceptors (Lipinski definition) is 4. The van der Waals surface area contributed by atoms with Crippen molar-refractivity contribution in [1.29, 1.82) is 0 Å². The molecule has 5 nitrogen and oxygen atoms in total. The van der Waals surface area contributed by atoms with E-state index in [4.69, 9.17) is 10.3 Å². The molecule has 0 aliphatic rings. The fourth-order valence-electron chi connectivity index (χ4n) is 0.726. The Labute approximate surface area is 69.4 Å². The van der Waals surface area contributed by atoms with Crippen molar-refractivity contribution < 1.29 is 14.0 Å². The van der Waals surface area contributed by atoms with Gasteiger partial charge in [-0.05, 0) is 12.1 Å². The van der Waals surface area contributed by atoms with Gasteiger partial charge >= 0.3 is 0 Å². The van der Waals surface area contributed by atoms with Crippen LogP contribution in [0.4, 0.5) is 0 Å². The molecule has 0 unspecified atom stereocenters. The van der Waals surface area contributed by atoms with E-state index < -0.39 is 0 Å². The van der Waals surface area contributed by atoms with Crippen molar-refractivity contribution in [1.82, 2.24) is 5.32 Å². The van der Waals surface area contributed by atoms with E-state index in [1.807, 2.05) is 0 Å². The molecular weight excluding hydrogens is 160 g/mol. The monoisotopic (exact) mass is 170 g/mol. The van der Waals surface area contributed by atoms with Gasteiger partial charge in [-0.2, -0.15) is 0 Å². The topological polar surface area (TPSA) is 77.5 Å². The van der Waals surface area contributed by atoms with E-state index in [-0.39, 0.29) is 12.5 Å². The quantitative estimate of drug-likeness (QED) is 0.613. The standard InChI is InChI=1S/C7H10N2O3/c8-12-5-7(10)9-4-6-2-1-3-11-6/h1-3H,4-5,8H2,(H,9,10). The van der Waals surface area contributed by atoms with Gasteiger partial charge in [0.2, 0.25) is 5.91 Å². The summed E-state index contributed by atoms with van der Waals surface area (Å²) in [5, 5.41) is 2.55. The SMILES string of the molecule is NOCC(=O)NCc1ccco1. The van der Waals surface area contributed by atoms with Crippen molar-refractivity contribution in [3.05, 3.63) is 24.2 Å². The number of nitrogens with two attached hydrogens (primary N) is 1. The van der Waals surface area contributed by atoms with Crippen LogP contribution >= 0.6 is 0 Å². The maximum atomic E-state index is 10.8. The summed E-state index contributed by atoms with van der Waals surface area (Å²) in [7, 11) is 0. The normalized spacial score (nSPS) is 9.75. The highest BCUT2D eigenvalue weighted by Gasteiger charge is 2.00. The van der Waals surface area contributed by atoms with Crippen molar-refractivity contribution in [3.63, 3.8) is 0 Å². The second-order valence-corrected chi connectivity index (χ2v) is 2.17. The highest BCUT2D eigenvalue weighted by Crippen LogP contribution is 1.97. The van der Waals surface area contributed by atoms with Crippen LogP contribution in [0.15, 0.2) is 22.8 Å². The summed E-state index contributed by atoms with van der Waals surface area (Å²) in [6.07, 6.45) is 1.54. The highest BCUT2D eigenvalue weighted by atomic mass is 16.6. The van der Waals surface area contributed by atoms with Gasteiger partial charge < -0.3 is 9.73 Å². The summed E-state index contributed by atoms with van der Waals surface area (Å²) in [4.78, 5) is 14.9. The zero-order valence-corrected chi connectivity index (χ0v) is 6.45. The number of rotatable bonds is 4. The molecule has 12 heavy (non-hydrogen) atoms. The predicted molar refractivity (Wildman–Crippen MR) is 40.7 cm³/mol. The smallest absolute Gasteiger partial charge is 0.248 e. The first kappa shape index (κ1) is 8.76. The molecule has 0 bridgehead atoms. The molecule has 5 heteroatoms. The summed E-state index contributed by atoms with van der Waals surface area (Å²) in [5.74, 6) is 5.12. The number of furan rings is 1. The molecule has 66 valence electrons. The molecule has 3 N–H and O–H groups in total. The second kappa shape index (κ2) is 4.53. The number of hydrogen-bond donors (Lipinski definition) is 2. The molecule has 0 aliphatic heterocycles. The number of carbonyl (C=O) groups is 1. The third-order valence-electron chi connectivity index (χ3n) is 1.25. The number of carbonyl (C=O) groups excluding carboxylic acids is 1. The van der Waals surface area contributed by atoms with E-state index >= 15 is 0 Å². The molecule has 0 saturated carbocycles. The zero-order valence-electron chi connectivity index (χ0n) is 6.45. The largest absolute Gasteiger partial charge is 0.467 e. The molecule has 1 aromatic rings. The van der Waals surface area contributed by atoms with Crippen molar-refractivity contribution in [2.45, 2.75) is 6.54 Å². The summed E-state index contributed by atoms with van der Waals surface area (Å²) in [6.45, 7) is 0.218. The summed E-state index contributed by atoms with van der Waals surface area (Å²) in [6, 6.07) is 3.52. The molecule has 0 aromatic carbocycles. The lowest BCUT2D eigenvalue weighted by molar-refractivity contribution is -0.126. The summed E-state index contributed by atoms with van der Waals surface area (Å²) >= 11 is 0. The van der Waals surface area contributed by atoms with Gasteiger partial charge in [0.15, 0.2) is 0 Å².